The Morgan fingerprint density at radius 3 is 2.68 bits per heavy atom. The van der Waals surface area contributed by atoms with Crippen LogP contribution in [-0.4, -0.2) is 26.6 Å². The van der Waals surface area contributed by atoms with Gasteiger partial charge in [0.2, 0.25) is 0 Å². The molecule has 1 atom stereocenters. The van der Waals surface area contributed by atoms with Crippen LogP contribution in [0.25, 0.3) is 0 Å². The molecule has 0 radical (unpaired) electrons. The zero-order valence-electron chi connectivity index (χ0n) is 10.3. The van der Waals surface area contributed by atoms with E-state index in [0.29, 0.717) is 11.5 Å². The Balaban J connectivity index is 2.01. The minimum Gasteiger partial charge on any atom is -0.272 e. The number of hydrogen-bond donors (Lipinski definition) is 0. The molecule has 1 amide bonds. The molecule has 3 rings (SSSR count). The molecule has 0 saturated heterocycles. The van der Waals surface area contributed by atoms with E-state index in [-0.39, 0.29) is 11.8 Å². The molecule has 3 heterocycles. The first-order valence-electron chi connectivity index (χ1n) is 5.86. The number of rotatable bonds is 2. The lowest BCUT2D eigenvalue weighted by Gasteiger charge is -2.09. The Kier molecular flexibility index (Phi) is 2.75. The van der Waals surface area contributed by atoms with Gasteiger partial charge in [0, 0.05) is 30.4 Å². The van der Waals surface area contributed by atoms with Crippen LogP contribution in [0.15, 0.2) is 48.2 Å². The minimum absolute atomic E-state index is 0.112. The number of anilines is 1. The molecule has 0 aromatic carbocycles. The quantitative estimate of drug-likeness (QED) is 0.807. The molecule has 19 heavy (non-hydrogen) atoms. The summed E-state index contributed by atoms with van der Waals surface area (Å²) in [5.41, 5.74) is 1.54. The van der Waals surface area contributed by atoms with Crippen LogP contribution in [0.1, 0.15) is 12.5 Å². The largest absolute Gasteiger partial charge is 0.272 e. The van der Waals surface area contributed by atoms with Crippen molar-refractivity contribution in [2.45, 2.75) is 6.92 Å². The van der Waals surface area contributed by atoms with Gasteiger partial charge in [-0.2, -0.15) is 10.1 Å². The number of carbonyl (C=O) groups excluding carboxylic acids is 1. The topological polar surface area (TPSA) is 71.3 Å². The zero-order chi connectivity index (χ0) is 13.2. The standard InChI is InChI=1S/C13H11N5O/c1-9-12(10-3-2-4-14-7-10)17-18(13(9)19)11-8-15-5-6-16-11/h2-9H,1H3. The van der Waals surface area contributed by atoms with E-state index in [2.05, 4.69) is 20.1 Å². The average Bonchev–Trinajstić information content (AvgIpc) is 2.77. The Bertz CT molecular complexity index is 626. The van der Waals surface area contributed by atoms with Crippen LogP contribution in [0.4, 0.5) is 5.82 Å². The van der Waals surface area contributed by atoms with Gasteiger partial charge >= 0.3 is 0 Å². The van der Waals surface area contributed by atoms with Crippen LogP contribution in [0.5, 0.6) is 0 Å². The molecule has 6 nitrogen and oxygen atoms in total. The molecule has 94 valence electrons. The highest BCUT2D eigenvalue weighted by Crippen LogP contribution is 2.23. The monoisotopic (exact) mass is 253 g/mol. The van der Waals surface area contributed by atoms with Gasteiger partial charge in [-0.25, -0.2) is 4.98 Å². The molecule has 2 aromatic heterocycles. The van der Waals surface area contributed by atoms with Gasteiger partial charge < -0.3 is 0 Å². The maximum Gasteiger partial charge on any atom is 0.257 e. The van der Waals surface area contributed by atoms with Crippen LogP contribution in [-0.2, 0) is 4.79 Å². The molecule has 0 spiro atoms. The maximum atomic E-state index is 12.2. The van der Waals surface area contributed by atoms with Gasteiger partial charge in [-0.1, -0.05) is 0 Å². The number of carbonyl (C=O) groups is 1. The summed E-state index contributed by atoms with van der Waals surface area (Å²) in [6.07, 6.45) is 7.99. The number of hydrazone groups is 1. The van der Waals surface area contributed by atoms with E-state index in [0.717, 1.165) is 5.56 Å². The smallest absolute Gasteiger partial charge is 0.257 e. The van der Waals surface area contributed by atoms with Crippen molar-refractivity contribution in [1.29, 1.82) is 0 Å². The molecule has 2 aromatic rings. The fourth-order valence-corrected chi connectivity index (χ4v) is 1.93. The number of pyridine rings is 1. The Labute approximate surface area is 109 Å². The predicted octanol–water partition coefficient (Wildman–Crippen LogP) is 1.26. The summed E-state index contributed by atoms with van der Waals surface area (Å²) in [7, 11) is 0. The van der Waals surface area contributed by atoms with Crippen molar-refractivity contribution in [3.63, 3.8) is 0 Å². The van der Waals surface area contributed by atoms with E-state index in [1.54, 1.807) is 18.6 Å². The third-order valence-corrected chi connectivity index (χ3v) is 2.92. The van der Waals surface area contributed by atoms with Gasteiger partial charge in [-0.05, 0) is 19.1 Å². The van der Waals surface area contributed by atoms with Gasteiger partial charge in [0.15, 0.2) is 5.82 Å². The zero-order valence-corrected chi connectivity index (χ0v) is 10.3. The Morgan fingerprint density at radius 2 is 2.00 bits per heavy atom. The summed E-state index contributed by atoms with van der Waals surface area (Å²) in [4.78, 5) is 24.3. The van der Waals surface area contributed by atoms with E-state index in [4.69, 9.17) is 0 Å². The van der Waals surface area contributed by atoms with Gasteiger partial charge in [0.05, 0.1) is 17.8 Å². The van der Waals surface area contributed by atoms with Crippen LogP contribution < -0.4 is 5.01 Å². The van der Waals surface area contributed by atoms with Crippen molar-refractivity contribution < 1.29 is 4.79 Å². The Hall–Kier alpha value is -2.63. The lowest BCUT2D eigenvalue weighted by atomic mass is 10.0. The van der Waals surface area contributed by atoms with Crippen LogP contribution in [0, 0.1) is 5.92 Å². The lowest BCUT2D eigenvalue weighted by molar-refractivity contribution is -0.119. The minimum atomic E-state index is -0.314. The molecule has 1 unspecified atom stereocenters. The van der Waals surface area contributed by atoms with E-state index in [1.165, 1.54) is 17.4 Å². The van der Waals surface area contributed by atoms with Gasteiger partial charge in [0.1, 0.15) is 0 Å². The molecule has 1 aliphatic rings. The van der Waals surface area contributed by atoms with Crippen molar-refractivity contribution >= 4 is 17.4 Å². The van der Waals surface area contributed by atoms with Crippen molar-refractivity contribution in [3.05, 3.63) is 48.7 Å². The highest BCUT2D eigenvalue weighted by Gasteiger charge is 2.34. The van der Waals surface area contributed by atoms with Crippen molar-refractivity contribution in [2.75, 3.05) is 5.01 Å². The molecule has 0 fully saturated rings. The number of hydrogen-bond acceptors (Lipinski definition) is 5. The van der Waals surface area contributed by atoms with E-state index in [9.17, 15) is 4.79 Å². The third kappa shape index (κ3) is 1.97. The molecule has 1 aliphatic heterocycles. The number of amides is 1. The van der Waals surface area contributed by atoms with Crippen molar-refractivity contribution in [2.24, 2.45) is 11.0 Å². The molecular formula is C13H11N5O. The van der Waals surface area contributed by atoms with Crippen LogP contribution in [0.3, 0.4) is 0 Å². The molecule has 0 bridgehead atoms. The van der Waals surface area contributed by atoms with E-state index < -0.39 is 0 Å². The van der Waals surface area contributed by atoms with Gasteiger partial charge in [-0.3, -0.25) is 14.8 Å². The lowest BCUT2D eigenvalue weighted by Crippen LogP contribution is -2.26. The summed E-state index contributed by atoms with van der Waals surface area (Å²) in [5, 5.41) is 5.64. The number of nitrogens with zero attached hydrogens (tertiary/aromatic N) is 5. The summed E-state index contributed by atoms with van der Waals surface area (Å²) in [5.74, 6) is 0.00352. The van der Waals surface area contributed by atoms with Crippen molar-refractivity contribution in [1.82, 2.24) is 15.0 Å². The van der Waals surface area contributed by atoms with Crippen LogP contribution in [0.2, 0.25) is 0 Å². The van der Waals surface area contributed by atoms with Crippen molar-refractivity contribution in [3.8, 4) is 0 Å². The maximum absolute atomic E-state index is 12.2. The van der Waals surface area contributed by atoms with E-state index in [1.807, 2.05) is 19.1 Å². The second-order valence-electron chi connectivity index (χ2n) is 4.16. The highest BCUT2D eigenvalue weighted by atomic mass is 16.2. The predicted molar refractivity (Wildman–Crippen MR) is 69.5 cm³/mol. The first kappa shape index (κ1) is 11.5. The highest BCUT2D eigenvalue weighted by molar-refractivity contribution is 6.20. The molecule has 0 saturated carbocycles. The SMILES string of the molecule is CC1C(=O)N(c2cnccn2)N=C1c1cccnc1. The van der Waals surface area contributed by atoms with E-state index >= 15 is 0 Å². The first-order valence-corrected chi connectivity index (χ1v) is 5.86. The second-order valence-corrected chi connectivity index (χ2v) is 4.16. The average molecular weight is 253 g/mol. The second kappa shape index (κ2) is 4.56. The molecule has 0 aliphatic carbocycles. The fourth-order valence-electron chi connectivity index (χ4n) is 1.93. The third-order valence-electron chi connectivity index (χ3n) is 2.92. The first-order chi connectivity index (χ1) is 9.27. The normalized spacial score (nSPS) is 18.6. The van der Waals surface area contributed by atoms with Crippen LogP contribution >= 0.6 is 0 Å². The summed E-state index contributed by atoms with van der Waals surface area (Å²) in [6.45, 7) is 1.82. The summed E-state index contributed by atoms with van der Waals surface area (Å²) < 4.78 is 0. The summed E-state index contributed by atoms with van der Waals surface area (Å²) >= 11 is 0. The fraction of sp³-hybridized carbons (Fsp3) is 0.154. The molecule has 0 N–H and O–H groups in total. The Morgan fingerprint density at radius 1 is 1.16 bits per heavy atom. The van der Waals surface area contributed by atoms with Gasteiger partial charge in [-0.15, -0.1) is 0 Å². The number of aromatic nitrogens is 3. The molecule has 6 heteroatoms. The summed E-state index contributed by atoms with van der Waals surface area (Å²) in [6, 6.07) is 3.70. The molecular weight excluding hydrogens is 242 g/mol. The van der Waals surface area contributed by atoms with Gasteiger partial charge in [0.25, 0.3) is 5.91 Å².